The largest absolute Gasteiger partial charge is 0.253 e. The summed E-state index contributed by atoms with van der Waals surface area (Å²) in [5.74, 6) is 0.592. The van der Waals surface area contributed by atoms with Gasteiger partial charge in [0, 0.05) is 17.6 Å². The molecule has 0 saturated carbocycles. The van der Waals surface area contributed by atoms with Gasteiger partial charge in [0.05, 0.1) is 0 Å². The average molecular weight is 380 g/mol. The van der Waals surface area contributed by atoms with E-state index in [0.717, 1.165) is 19.3 Å². The van der Waals surface area contributed by atoms with Crippen molar-refractivity contribution in [1.82, 2.24) is 4.31 Å². The maximum Gasteiger partial charge on any atom is 0.253 e. The van der Waals surface area contributed by atoms with Crippen molar-refractivity contribution in [3.8, 4) is 0 Å². The maximum absolute atomic E-state index is 12.7. The summed E-state index contributed by atoms with van der Waals surface area (Å²) in [7, 11) is -3.34. The third kappa shape index (κ3) is 3.46. The van der Waals surface area contributed by atoms with Gasteiger partial charge in [-0.05, 0) is 58.0 Å². The normalized spacial score (nSPS) is 22.7. The molecule has 1 fully saturated rings. The highest BCUT2D eigenvalue weighted by molar-refractivity contribution is 9.10. The first-order valence-corrected chi connectivity index (χ1v) is 10.1. The van der Waals surface area contributed by atoms with E-state index in [1.54, 1.807) is 10.4 Å². The van der Waals surface area contributed by atoms with Crippen LogP contribution in [0.2, 0.25) is 0 Å². The Hall–Kier alpha value is 0.0900. The lowest BCUT2D eigenvalue weighted by molar-refractivity contribution is 0.217. The topological polar surface area (TPSA) is 37.4 Å². The minimum absolute atomic E-state index is 0.253. The molecule has 6 heteroatoms. The lowest BCUT2D eigenvalue weighted by Crippen LogP contribution is -2.32. The van der Waals surface area contributed by atoms with Crippen molar-refractivity contribution in [3.05, 3.63) is 15.9 Å². The van der Waals surface area contributed by atoms with Crippen LogP contribution >= 0.6 is 27.3 Å². The van der Waals surface area contributed by atoms with E-state index in [9.17, 15) is 8.42 Å². The maximum atomic E-state index is 12.7. The van der Waals surface area contributed by atoms with Crippen LogP contribution in [0.5, 0.6) is 0 Å². The summed E-state index contributed by atoms with van der Waals surface area (Å²) in [5, 5.41) is 1.81. The first kappa shape index (κ1) is 16.5. The molecule has 0 N–H and O–H groups in total. The second-order valence-electron chi connectivity index (χ2n) is 6.45. The van der Waals surface area contributed by atoms with Crippen molar-refractivity contribution >= 4 is 37.3 Å². The molecule has 114 valence electrons. The van der Waals surface area contributed by atoms with Crippen molar-refractivity contribution in [1.29, 1.82) is 0 Å². The summed E-state index contributed by atoms with van der Waals surface area (Å²) < 4.78 is 28.1. The van der Waals surface area contributed by atoms with Crippen LogP contribution in [0.4, 0.5) is 0 Å². The summed E-state index contributed by atoms with van der Waals surface area (Å²) in [6, 6.07) is 1.80. The fourth-order valence-corrected chi connectivity index (χ4v) is 6.70. The lowest BCUT2D eigenvalue weighted by atomic mass is 9.77. The molecule has 1 aliphatic heterocycles. The predicted octanol–water partition coefficient (Wildman–Crippen LogP) is 4.35. The highest BCUT2D eigenvalue weighted by atomic mass is 79.9. The SMILES string of the molecule is CC(C)(C)C1CCCN(S(=O)(=O)c2sccc2Br)CC1. The van der Waals surface area contributed by atoms with Crippen molar-refractivity contribution in [2.45, 2.75) is 44.2 Å². The number of sulfonamides is 1. The first-order chi connectivity index (χ1) is 9.23. The number of rotatable bonds is 2. The summed E-state index contributed by atoms with van der Waals surface area (Å²) >= 11 is 4.62. The smallest absolute Gasteiger partial charge is 0.206 e. The molecule has 0 aliphatic carbocycles. The van der Waals surface area contributed by atoms with E-state index in [-0.39, 0.29) is 5.41 Å². The van der Waals surface area contributed by atoms with Gasteiger partial charge in [-0.1, -0.05) is 20.8 Å². The molecule has 0 radical (unpaired) electrons. The summed E-state index contributed by atoms with van der Waals surface area (Å²) in [6.07, 6.45) is 3.01. The third-order valence-corrected chi connectivity index (χ3v) is 8.62. The van der Waals surface area contributed by atoms with Crippen molar-refractivity contribution in [2.24, 2.45) is 11.3 Å². The third-order valence-electron chi connectivity index (χ3n) is 4.07. The van der Waals surface area contributed by atoms with E-state index in [2.05, 4.69) is 36.7 Å². The van der Waals surface area contributed by atoms with Gasteiger partial charge in [0.1, 0.15) is 4.21 Å². The van der Waals surface area contributed by atoms with E-state index >= 15 is 0 Å². The van der Waals surface area contributed by atoms with E-state index in [0.29, 0.717) is 27.7 Å². The zero-order chi connectivity index (χ0) is 15.0. The second kappa shape index (κ2) is 6.07. The molecule has 1 aliphatic rings. The monoisotopic (exact) mass is 379 g/mol. The van der Waals surface area contributed by atoms with Gasteiger partial charge in [0.25, 0.3) is 10.0 Å². The zero-order valence-electron chi connectivity index (χ0n) is 12.2. The molecule has 0 bridgehead atoms. The van der Waals surface area contributed by atoms with E-state index in [4.69, 9.17) is 0 Å². The Morgan fingerprint density at radius 3 is 2.55 bits per heavy atom. The Kier molecular flexibility index (Phi) is 4.99. The average Bonchev–Trinajstić information content (AvgIpc) is 2.63. The molecule has 0 aromatic carbocycles. The van der Waals surface area contributed by atoms with Crippen molar-refractivity contribution in [3.63, 3.8) is 0 Å². The van der Waals surface area contributed by atoms with Crippen LogP contribution in [0.1, 0.15) is 40.0 Å². The molecule has 0 spiro atoms. The minimum atomic E-state index is -3.34. The Morgan fingerprint density at radius 2 is 2.00 bits per heavy atom. The zero-order valence-corrected chi connectivity index (χ0v) is 15.4. The van der Waals surface area contributed by atoms with Crippen molar-refractivity contribution in [2.75, 3.05) is 13.1 Å². The van der Waals surface area contributed by atoms with Crippen LogP contribution in [0.25, 0.3) is 0 Å². The van der Waals surface area contributed by atoms with Crippen LogP contribution in [-0.4, -0.2) is 25.8 Å². The Labute approximate surface area is 134 Å². The summed E-state index contributed by atoms with van der Waals surface area (Å²) in [6.45, 7) is 8.01. The summed E-state index contributed by atoms with van der Waals surface area (Å²) in [5.41, 5.74) is 0.253. The van der Waals surface area contributed by atoms with E-state index in [1.807, 2.05) is 5.38 Å². The Balaban J connectivity index is 2.17. The molecule has 2 rings (SSSR count). The van der Waals surface area contributed by atoms with Crippen LogP contribution in [-0.2, 0) is 10.0 Å². The molecule has 2 heterocycles. The van der Waals surface area contributed by atoms with Crippen molar-refractivity contribution < 1.29 is 8.42 Å². The number of nitrogens with zero attached hydrogens (tertiary/aromatic N) is 1. The molecular weight excluding hydrogens is 358 g/mol. The van der Waals surface area contributed by atoms with Gasteiger partial charge < -0.3 is 0 Å². The molecule has 1 aromatic rings. The fourth-order valence-electron chi connectivity index (χ4n) is 2.76. The van der Waals surface area contributed by atoms with Crippen LogP contribution in [0, 0.1) is 11.3 Å². The Morgan fingerprint density at radius 1 is 1.30 bits per heavy atom. The van der Waals surface area contributed by atoms with Crippen LogP contribution < -0.4 is 0 Å². The van der Waals surface area contributed by atoms with Gasteiger partial charge in [0.2, 0.25) is 0 Å². The predicted molar refractivity (Wildman–Crippen MR) is 87.6 cm³/mol. The Bertz CT molecular complexity index is 560. The molecule has 20 heavy (non-hydrogen) atoms. The molecule has 3 nitrogen and oxygen atoms in total. The number of hydrogen-bond donors (Lipinski definition) is 0. The molecular formula is C14H22BrNO2S2. The first-order valence-electron chi connectivity index (χ1n) is 6.96. The highest BCUT2D eigenvalue weighted by Gasteiger charge is 2.33. The quantitative estimate of drug-likeness (QED) is 0.765. The van der Waals surface area contributed by atoms with Gasteiger partial charge in [-0.3, -0.25) is 0 Å². The van der Waals surface area contributed by atoms with Gasteiger partial charge in [-0.2, -0.15) is 4.31 Å². The fraction of sp³-hybridized carbons (Fsp3) is 0.714. The molecule has 1 aromatic heterocycles. The van der Waals surface area contributed by atoms with Gasteiger partial charge in [0.15, 0.2) is 0 Å². The molecule has 0 amide bonds. The molecule has 1 unspecified atom stereocenters. The highest BCUT2D eigenvalue weighted by Crippen LogP contribution is 2.36. The van der Waals surface area contributed by atoms with Gasteiger partial charge in [-0.25, -0.2) is 8.42 Å². The van der Waals surface area contributed by atoms with Gasteiger partial charge >= 0.3 is 0 Å². The minimum Gasteiger partial charge on any atom is -0.206 e. The van der Waals surface area contributed by atoms with Gasteiger partial charge in [-0.15, -0.1) is 11.3 Å². The number of hydrogen-bond acceptors (Lipinski definition) is 3. The number of halogens is 1. The lowest BCUT2D eigenvalue weighted by Gasteiger charge is -2.29. The summed E-state index contributed by atoms with van der Waals surface area (Å²) in [4.78, 5) is 0. The molecule has 1 atom stereocenters. The molecule has 1 saturated heterocycles. The van der Waals surface area contributed by atoms with E-state index < -0.39 is 10.0 Å². The van der Waals surface area contributed by atoms with E-state index in [1.165, 1.54) is 11.3 Å². The second-order valence-corrected chi connectivity index (χ2v) is 10.4. The number of thiophene rings is 1. The van der Waals surface area contributed by atoms with Crippen LogP contribution in [0.3, 0.4) is 0 Å². The van der Waals surface area contributed by atoms with Crippen LogP contribution in [0.15, 0.2) is 20.1 Å². The standard InChI is InChI=1S/C14H22BrNO2S2/c1-14(2,3)11-5-4-8-16(9-6-11)20(17,18)13-12(15)7-10-19-13/h7,10-11H,4-6,8-9H2,1-3H3.